The third kappa shape index (κ3) is 76.3. The number of carbonyl (C=O) groups excluding carboxylic acids is 2. The van der Waals surface area contributed by atoms with Crippen LogP contribution < -0.4 is 14.8 Å². The molecule has 0 heterocycles. The topological polar surface area (TPSA) is 377 Å². The van der Waals surface area contributed by atoms with Crippen molar-refractivity contribution >= 4 is 23.1 Å². The van der Waals surface area contributed by atoms with Gasteiger partial charge in [-0.15, -0.1) is 0 Å². The van der Waals surface area contributed by atoms with Gasteiger partial charge in [0.15, 0.2) is 5.78 Å². The summed E-state index contributed by atoms with van der Waals surface area (Å²) in [6, 6.07) is 12.3. The number of para-hydroxylation sites is 2. The van der Waals surface area contributed by atoms with E-state index in [-0.39, 0.29) is 6.61 Å². The number of nitrogens with one attached hydrogen (secondary N) is 1. The van der Waals surface area contributed by atoms with E-state index in [4.69, 9.17) is 152 Å². The minimum atomic E-state index is -1.32. The lowest BCUT2D eigenvalue weighted by atomic mass is 10.2. The number of anilines is 1. The Morgan fingerprint density at radius 1 is 0.281 bits per heavy atom. The molecule has 664 valence electrons. The second-order valence-corrected chi connectivity index (χ2v) is 23.2. The number of hydrogen-bond acceptors (Lipinski definition) is 36. The van der Waals surface area contributed by atoms with Crippen LogP contribution in [0.2, 0.25) is 0 Å². The van der Waals surface area contributed by atoms with Gasteiger partial charge in [0.2, 0.25) is 6.04 Å². The first kappa shape index (κ1) is 106. The fourth-order valence-electron chi connectivity index (χ4n) is 8.54. The fourth-order valence-corrected chi connectivity index (χ4v) is 8.54. The van der Waals surface area contributed by atoms with Crippen LogP contribution in [-0.2, 0) is 147 Å². The highest BCUT2D eigenvalue weighted by molar-refractivity contribution is 6.10. The highest BCUT2D eigenvalue weighted by atomic mass is 16.6. The third-order valence-electron chi connectivity index (χ3n) is 14.3. The maximum absolute atomic E-state index is 12.8. The van der Waals surface area contributed by atoms with Crippen LogP contribution in [0.5, 0.6) is 11.5 Å². The quantitative estimate of drug-likeness (QED) is 0.0545. The first-order valence-electron chi connectivity index (χ1n) is 39.5. The molecule has 0 aliphatic carbocycles. The average molecular weight is 1650 g/mol. The normalized spacial score (nSPS) is 12.0. The van der Waals surface area contributed by atoms with Crippen LogP contribution in [-0.4, -0.2) is 426 Å². The van der Waals surface area contributed by atoms with Gasteiger partial charge >= 0.3 is 0 Å². The molecule has 0 aromatic heterocycles. The van der Waals surface area contributed by atoms with E-state index in [0.29, 0.717) is 413 Å². The molecule has 0 spiro atoms. The van der Waals surface area contributed by atoms with Crippen LogP contribution in [0.3, 0.4) is 0 Å². The number of rotatable bonds is 96. The summed E-state index contributed by atoms with van der Waals surface area (Å²) in [6.07, 6.45) is 0. The van der Waals surface area contributed by atoms with Crippen LogP contribution in [0.4, 0.5) is 11.4 Å². The second-order valence-electron chi connectivity index (χ2n) is 23.2. The molecular weight excluding hydrogens is 1510 g/mol. The molecule has 1 amide bonds. The number of amides is 1. The summed E-state index contributed by atoms with van der Waals surface area (Å²) in [5, 5.41) is 19.4. The Hall–Kier alpha value is -4.42. The molecule has 0 fully saturated rings. The second kappa shape index (κ2) is 89.4. The maximum Gasteiger partial charge on any atom is 0.258 e. The van der Waals surface area contributed by atoms with Crippen molar-refractivity contribution in [1.82, 2.24) is 0 Å². The van der Waals surface area contributed by atoms with Gasteiger partial charge in [0.05, 0.1) is 408 Å². The molecule has 1 atom stereocenters. The van der Waals surface area contributed by atoms with Crippen LogP contribution in [0.25, 0.3) is 0 Å². The Kier molecular flexibility index (Phi) is 82.8. The summed E-state index contributed by atoms with van der Waals surface area (Å²) in [5.74, 6) is 0.00340. The smallest absolute Gasteiger partial charge is 0.258 e. The van der Waals surface area contributed by atoms with E-state index in [2.05, 4.69) is 15.5 Å². The first-order valence-corrected chi connectivity index (χ1v) is 39.5. The molecule has 0 saturated heterocycles. The van der Waals surface area contributed by atoms with E-state index < -0.39 is 17.7 Å². The molecule has 1 unspecified atom stereocenters. The molecule has 2 N–H and O–H groups in total. The summed E-state index contributed by atoms with van der Waals surface area (Å²) < 4.78 is 171. The van der Waals surface area contributed by atoms with Crippen LogP contribution in [0.15, 0.2) is 58.8 Å². The SMILES string of the molecule is COc1ccccc1NC(=O)C(N=Nc1ccc(OCCOCCOCCOCCOCCOCCOCCOCCOCCOCCOCCOCCOCCOCCOCCOCCOCCOCCOCCOCCOCCOCCOCCOCCOCCOCCOCCOCCOCCOCCO)cc1)C(C)=O. The van der Waals surface area contributed by atoms with E-state index in [1.54, 1.807) is 48.5 Å². The first-order chi connectivity index (χ1) is 56.5. The van der Waals surface area contributed by atoms with Gasteiger partial charge in [-0.1, -0.05) is 12.1 Å². The van der Waals surface area contributed by atoms with Crippen molar-refractivity contribution in [3.8, 4) is 11.5 Å². The largest absolute Gasteiger partial charge is 0.495 e. The molecule has 0 aliphatic heterocycles. The minimum absolute atomic E-state index is 0.0144. The van der Waals surface area contributed by atoms with Gasteiger partial charge in [-0.05, 0) is 43.3 Å². The lowest BCUT2D eigenvalue weighted by Crippen LogP contribution is -2.31. The number of nitrogens with zero attached hydrogens (tertiary/aromatic N) is 2. The monoisotopic (exact) mass is 1650 g/mol. The maximum atomic E-state index is 12.8. The number of aliphatic hydroxyl groups is 1. The molecular formula is C77H137N3O34. The average Bonchev–Trinajstić information content (AvgIpc) is 0.860. The lowest BCUT2D eigenvalue weighted by Gasteiger charge is -2.12. The van der Waals surface area contributed by atoms with E-state index >= 15 is 0 Å². The van der Waals surface area contributed by atoms with Gasteiger partial charge in [0.1, 0.15) is 18.1 Å². The zero-order valence-corrected chi connectivity index (χ0v) is 67.9. The van der Waals surface area contributed by atoms with Crippen LogP contribution >= 0.6 is 0 Å². The number of benzene rings is 2. The molecule has 0 aliphatic rings. The molecule has 0 bridgehead atoms. The summed E-state index contributed by atoms with van der Waals surface area (Å²) in [5.41, 5.74) is 0.882. The van der Waals surface area contributed by atoms with Crippen molar-refractivity contribution in [1.29, 1.82) is 0 Å². The highest BCUT2D eigenvalue weighted by Crippen LogP contribution is 2.24. The molecule has 114 heavy (non-hydrogen) atoms. The number of Topliss-reactive ketones (excluding diaryl/α,β-unsaturated/α-hetero) is 1. The lowest BCUT2D eigenvalue weighted by molar-refractivity contribution is -0.126. The summed E-state index contributed by atoms with van der Waals surface area (Å²) in [4.78, 5) is 24.9. The van der Waals surface area contributed by atoms with E-state index in [1.165, 1.54) is 14.0 Å². The predicted molar refractivity (Wildman–Crippen MR) is 413 cm³/mol. The highest BCUT2D eigenvalue weighted by Gasteiger charge is 2.24. The van der Waals surface area contributed by atoms with E-state index in [0.717, 1.165) is 0 Å². The van der Waals surface area contributed by atoms with Crippen molar-refractivity contribution in [2.24, 2.45) is 10.2 Å². The Bertz CT molecular complexity index is 2320. The van der Waals surface area contributed by atoms with E-state index in [1.807, 2.05) is 0 Å². The number of aliphatic hydroxyl groups excluding tert-OH is 1. The molecule has 37 heteroatoms. The van der Waals surface area contributed by atoms with Gasteiger partial charge in [-0.25, -0.2) is 0 Å². The molecule has 0 saturated carbocycles. The third-order valence-corrected chi connectivity index (χ3v) is 14.3. The fraction of sp³-hybridized carbons (Fsp3) is 0.818. The number of ether oxygens (including phenoxy) is 31. The Morgan fingerprint density at radius 3 is 0.667 bits per heavy atom. The van der Waals surface area contributed by atoms with Crippen molar-refractivity contribution in [2.45, 2.75) is 13.0 Å². The summed E-state index contributed by atoms with van der Waals surface area (Å²) in [6.45, 7) is 28.7. The minimum Gasteiger partial charge on any atom is -0.495 e. The Balaban J connectivity index is 1.12. The van der Waals surface area contributed by atoms with E-state index in [9.17, 15) is 9.59 Å². The number of carbonyl (C=O) groups is 2. The van der Waals surface area contributed by atoms with Gasteiger partial charge in [0.25, 0.3) is 5.91 Å². The van der Waals surface area contributed by atoms with Crippen molar-refractivity contribution in [2.75, 3.05) is 409 Å². The van der Waals surface area contributed by atoms with Gasteiger partial charge in [-0.3, -0.25) is 9.59 Å². The molecule has 2 rings (SSSR count). The van der Waals surface area contributed by atoms with Crippen LogP contribution in [0, 0.1) is 0 Å². The molecule has 2 aromatic rings. The zero-order valence-electron chi connectivity index (χ0n) is 67.9. The molecule has 37 nitrogen and oxygen atoms in total. The van der Waals surface area contributed by atoms with Crippen molar-refractivity contribution < 1.29 is 162 Å². The van der Waals surface area contributed by atoms with Crippen molar-refractivity contribution in [3.63, 3.8) is 0 Å². The zero-order chi connectivity index (χ0) is 81.2. The van der Waals surface area contributed by atoms with Gasteiger partial charge in [0, 0.05) is 0 Å². The number of hydrogen-bond donors (Lipinski definition) is 2. The number of azo groups is 1. The Morgan fingerprint density at radius 2 is 0.474 bits per heavy atom. The number of ketones is 1. The summed E-state index contributed by atoms with van der Waals surface area (Å²) in [7, 11) is 1.49. The van der Waals surface area contributed by atoms with Gasteiger partial charge in [-0.2, -0.15) is 10.2 Å². The van der Waals surface area contributed by atoms with Gasteiger partial charge < -0.3 is 157 Å². The number of methoxy groups -OCH3 is 1. The Labute approximate surface area is 674 Å². The standard InChI is InChI=1S/C77H137N3O34/c1-71(82)76(77(83)78-74-5-3-4-6-75(74)84-2)80-79-72-7-9-73(10-8-72)114-70-69-113-68-67-112-66-65-111-64-63-110-62-61-109-60-59-108-58-57-107-56-55-106-54-53-105-52-51-104-50-49-103-48-47-102-46-45-101-44-43-100-42-41-99-40-39-98-38-37-97-36-35-96-34-33-95-32-31-94-30-29-93-28-27-92-26-25-91-24-23-90-22-21-89-20-19-88-18-17-87-16-15-86-14-13-85-12-11-81/h3-10,76,81H,11-70H2,1-2H3,(H,78,83). The predicted octanol–water partition coefficient (Wildman–Crippen LogP) is 3.23. The van der Waals surface area contributed by atoms with Crippen molar-refractivity contribution in [3.05, 3.63) is 48.5 Å². The van der Waals surface area contributed by atoms with Crippen LogP contribution in [0.1, 0.15) is 6.92 Å². The molecule has 0 radical (unpaired) electrons. The summed E-state index contributed by atoms with van der Waals surface area (Å²) >= 11 is 0. The molecule has 2 aromatic carbocycles.